The highest BCUT2D eigenvalue weighted by Gasteiger charge is 2.24. The summed E-state index contributed by atoms with van der Waals surface area (Å²) in [6, 6.07) is 18.0. The molecule has 0 saturated heterocycles. The third kappa shape index (κ3) is 6.85. The SMILES string of the molecule is O=C(C#Cc1ccc(OC2CC2)c(Cl)c1)NC(C(=O)NCCc1ccccc1)c1cccs1. The van der Waals surface area contributed by atoms with E-state index in [4.69, 9.17) is 16.3 Å². The zero-order valence-corrected chi connectivity index (χ0v) is 19.4. The average molecular weight is 479 g/mol. The standard InChI is InChI=1S/C26H23ClN2O3S/c27-21-17-19(8-12-22(21)32-20-10-11-20)9-13-24(30)29-25(23-7-4-16-33-23)26(31)28-15-14-18-5-2-1-3-6-18/h1-8,12,16-17,20,25H,10-11,14-15H2,(H,28,31)(H,29,30). The molecule has 1 aliphatic carbocycles. The van der Waals surface area contributed by atoms with Gasteiger partial charge in [-0.3, -0.25) is 9.59 Å². The first-order valence-corrected chi connectivity index (χ1v) is 12.0. The Morgan fingerprint density at radius 1 is 1.12 bits per heavy atom. The Morgan fingerprint density at radius 2 is 1.94 bits per heavy atom. The maximum Gasteiger partial charge on any atom is 0.297 e. The van der Waals surface area contributed by atoms with Crippen molar-refractivity contribution in [3.05, 3.63) is 87.1 Å². The van der Waals surface area contributed by atoms with Gasteiger partial charge in [-0.2, -0.15) is 0 Å². The van der Waals surface area contributed by atoms with Crippen molar-refractivity contribution < 1.29 is 14.3 Å². The number of amides is 2. The quantitative estimate of drug-likeness (QED) is 0.468. The molecule has 1 fully saturated rings. The zero-order chi connectivity index (χ0) is 23.0. The fourth-order valence-corrected chi connectivity index (χ4v) is 4.13. The summed E-state index contributed by atoms with van der Waals surface area (Å²) in [5.74, 6) is 5.17. The molecule has 4 rings (SSSR count). The minimum absolute atomic E-state index is 0.248. The van der Waals surface area contributed by atoms with Crippen molar-refractivity contribution in [2.24, 2.45) is 0 Å². The largest absolute Gasteiger partial charge is 0.489 e. The molecule has 1 saturated carbocycles. The van der Waals surface area contributed by atoms with E-state index in [2.05, 4.69) is 22.5 Å². The lowest BCUT2D eigenvalue weighted by Crippen LogP contribution is -2.40. The van der Waals surface area contributed by atoms with Gasteiger partial charge >= 0.3 is 0 Å². The second kappa shape index (κ2) is 11.0. The summed E-state index contributed by atoms with van der Waals surface area (Å²) in [6.07, 6.45) is 3.05. The van der Waals surface area contributed by atoms with Crippen LogP contribution in [0.4, 0.5) is 0 Å². The molecule has 0 bridgehead atoms. The number of thiophene rings is 1. The Hall–Kier alpha value is -3.27. The topological polar surface area (TPSA) is 67.4 Å². The molecule has 168 valence electrons. The van der Waals surface area contributed by atoms with E-state index in [0.29, 0.717) is 29.3 Å². The van der Waals surface area contributed by atoms with Crippen LogP contribution in [-0.4, -0.2) is 24.5 Å². The van der Waals surface area contributed by atoms with Gasteiger partial charge in [0.05, 0.1) is 11.1 Å². The lowest BCUT2D eigenvalue weighted by Gasteiger charge is -2.16. The molecule has 2 N–H and O–H groups in total. The number of hydrogen-bond acceptors (Lipinski definition) is 4. The Bertz CT molecular complexity index is 1170. The first kappa shape index (κ1) is 22.9. The predicted molar refractivity (Wildman–Crippen MR) is 130 cm³/mol. The number of nitrogens with one attached hydrogen (secondary N) is 2. The lowest BCUT2D eigenvalue weighted by molar-refractivity contribution is -0.126. The van der Waals surface area contributed by atoms with Crippen molar-refractivity contribution in [3.63, 3.8) is 0 Å². The van der Waals surface area contributed by atoms with Crippen molar-refractivity contribution in [3.8, 4) is 17.6 Å². The van der Waals surface area contributed by atoms with E-state index in [1.807, 2.05) is 47.8 Å². The highest BCUT2D eigenvalue weighted by Crippen LogP contribution is 2.32. The number of carbonyl (C=O) groups is 2. The molecule has 1 aliphatic rings. The number of hydrogen-bond donors (Lipinski definition) is 2. The smallest absolute Gasteiger partial charge is 0.297 e. The van der Waals surface area contributed by atoms with E-state index in [0.717, 1.165) is 23.3 Å². The van der Waals surface area contributed by atoms with Crippen molar-refractivity contribution >= 4 is 34.8 Å². The molecule has 1 atom stereocenters. The molecule has 0 spiro atoms. The zero-order valence-electron chi connectivity index (χ0n) is 17.8. The van der Waals surface area contributed by atoms with Crippen LogP contribution in [0.25, 0.3) is 0 Å². The molecule has 1 unspecified atom stereocenters. The summed E-state index contributed by atoms with van der Waals surface area (Å²) < 4.78 is 5.71. The Morgan fingerprint density at radius 3 is 2.64 bits per heavy atom. The molecule has 3 aromatic rings. The van der Waals surface area contributed by atoms with Gasteiger partial charge in [-0.15, -0.1) is 11.3 Å². The second-order valence-corrected chi connectivity index (χ2v) is 9.05. The number of carbonyl (C=O) groups excluding carboxylic acids is 2. The van der Waals surface area contributed by atoms with Crippen molar-refractivity contribution in [1.29, 1.82) is 0 Å². The fraction of sp³-hybridized carbons (Fsp3) is 0.231. The second-order valence-electron chi connectivity index (χ2n) is 7.66. The number of benzene rings is 2. The Kier molecular flexibility index (Phi) is 7.66. The third-order valence-electron chi connectivity index (χ3n) is 4.99. The summed E-state index contributed by atoms with van der Waals surface area (Å²) >= 11 is 7.66. The average Bonchev–Trinajstić information content (AvgIpc) is 3.47. The van der Waals surface area contributed by atoms with Crippen LogP contribution in [0.15, 0.2) is 66.0 Å². The van der Waals surface area contributed by atoms with Crippen LogP contribution in [-0.2, 0) is 16.0 Å². The van der Waals surface area contributed by atoms with E-state index in [1.54, 1.807) is 18.2 Å². The van der Waals surface area contributed by atoms with Gasteiger partial charge in [-0.1, -0.05) is 53.9 Å². The van der Waals surface area contributed by atoms with Crippen LogP contribution >= 0.6 is 22.9 Å². The fourth-order valence-electron chi connectivity index (χ4n) is 3.13. The molecule has 1 aromatic heterocycles. The van der Waals surface area contributed by atoms with Crippen LogP contribution in [0, 0.1) is 11.8 Å². The van der Waals surface area contributed by atoms with E-state index >= 15 is 0 Å². The van der Waals surface area contributed by atoms with Crippen LogP contribution in [0.2, 0.25) is 5.02 Å². The highest BCUT2D eigenvalue weighted by atomic mass is 35.5. The molecule has 5 nitrogen and oxygen atoms in total. The van der Waals surface area contributed by atoms with Gasteiger partial charge in [0.15, 0.2) is 0 Å². The summed E-state index contributed by atoms with van der Waals surface area (Å²) in [5.41, 5.74) is 1.73. The van der Waals surface area contributed by atoms with Crippen molar-refractivity contribution in [2.75, 3.05) is 6.54 Å². The van der Waals surface area contributed by atoms with Crippen LogP contribution in [0.5, 0.6) is 5.75 Å². The Balaban J connectivity index is 1.37. The number of rotatable bonds is 8. The lowest BCUT2D eigenvalue weighted by atomic mass is 10.1. The summed E-state index contributed by atoms with van der Waals surface area (Å²) in [5, 5.41) is 7.96. The maximum atomic E-state index is 12.8. The van der Waals surface area contributed by atoms with E-state index in [9.17, 15) is 9.59 Å². The highest BCUT2D eigenvalue weighted by molar-refractivity contribution is 7.10. The van der Waals surface area contributed by atoms with E-state index in [1.165, 1.54) is 11.3 Å². The van der Waals surface area contributed by atoms with Gasteiger partial charge in [0, 0.05) is 22.9 Å². The van der Waals surface area contributed by atoms with Gasteiger partial charge < -0.3 is 15.4 Å². The van der Waals surface area contributed by atoms with Gasteiger partial charge in [0.1, 0.15) is 11.8 Å². The van der Waals surface area contributed by atoms with Crippen LogP contribution in [0.1, 0.15) is 34.9 Å². The number of halogens is 1. The van der Waals surface area contributed by atoms with Crippen LogP contribution in [0.3, 0.4) is 0 Å². The number of ether oxygens (including phenoxy) is 1. The molecule has 2 aromatic carbocycles. The van der Waals surface area contributed by atoms with Gasteiger partial charge in [0.2, 0.25) is 5.91 Å². The monoisotopic (exact) mass is 478 g/mol. The van der Waals surface area contributed by atoms with Crippen molar-refractivity contribution in [2.45, 2.75) is 31.4 Å². The minimum Gasteiger partial charge on any atom is -0.489 e. The Labute approximate surface area is 202 Å². The van der Waals surface area contributed by atoms with Gasteiger partial charge in [-0.05, 0) is 54.5 Å². The molecular weight excluding hydrogens is 456 g/mol. The van der Waals surface area contributed by atoms with E-state index < -0.39 is 11.9 Å². The summed E-state index contributed by atoms with van der Waals surface area (Å²) in [7, 11) is 0. The maximum absolute atomic E-state index is 12.8. The molecule has 1 heterocycles. The first-order chi connectivity index (χ1) is 16.1. The summed E-state index contributed by atoms with van der Waals surface area (Å²) in [6.45, 7) is 0.472. The predicted octanol–water partition coefficient (Wildman–Crippen LogP) is 4.51. The summed E-state index contributed by atoms with van der Waals surface area (Å²) in [4.78, 5) is 26.1. The van der Waals surface area contributed by atoms with Gasteiger partial charge in [-0.25, -0.2) is 0 Å². The normalized spacial score (nSPS) is 13.4. The van der Waals surface area contributed by atoms with E-state index in [-0.39, 0.29) is 12.0 Å². The molecule has 0 radical (unpaired) electrons. The molecule has 0 aliphatic heterocycles. The molecular formula is C26H23ClN2O3S. The molecule has 33 heavy (non-hydrogen) atoms. The van der Waals surface area contributed by atoms with Gasteiger partial charge in [0.25, 0.3) is 5.91 Å². The molecule has 7 heteroatoms. The van der Waals surface area contributed by atoms with Crippen molar-refractivity contribution in [1.82, 2.24) is 10.6 Å². The third-order valence-corrected chi connectivity index (χ3v) is 6.22. The van der Waals surface area contributed by atoms with Crippen LogP contribution < -0.4 is 15.4 Å². The molecule has 2 amide bonds. The first-order valence-electron chi connectivity index (χ1n) is 10.7. The minimum atomic E-state index is -0.805.